The van der Waals surface area contributed by atoms with Gasteiger partial charge in [0.25, 0.3) is 0 Å². The third-order valence-corrected chi connectivity index (χ3v) is 3.43. The van der Waals surface area contributed by atoms with Gasteiger partial charge in [-0.25, -0.2) is 0 Å². The molecule has 0 aromatic heterocycles. The molecule has 0 heterocycles. The van der Waals surface area contributed by atoms with Gasteiger partial charge in [-0.3, -0.25) is 4.79 Å². The van der Waals surface area contributed by atoms with Crippen LogP contribution in [-0.4, -0.2) is 13.1 Å². The van der Waals surface area contributed by atoms with Crippen molar-refractivity contribution in [1.29, 1.82) is 0 Å². The molecule has 0 bridgehead atoms. The summed E-state index contributed by atoms with van der Waals surface area (Å²) in [5.74, 6) is -0.301. The molecule has 0 saturated heterocycles. The highest BCUT2D eigenvalue weighted by Gasteiger charge is 2.11. The lowest BCUT2D eigenvalue weighted by atomic mass is 10.1. The lowest BCUT2D eigenvalue weighted by molar-refractivity contribution is -0.139. The minimum atomic E-state index is -0.301. The Bertz CT molecular complexity index is 610. The molecule has 0 fully saturated rings. The molecule has 0 aliphatic carbocycles. The number of carbonyl (C=O) groups excluding carboxylic acids is 1. The van der Waals surface area contributed by atoms with Gasteiger partial charge in [0.2, 0.25) is 0 Å². The van der Waals surface area contributed by atoms with Gasteiger partial charge in [-0.1, -0.05) is 75.2 Å². The molecule has 2 aromatic carbocycles. The van der Waals surface area contributed by atoms with Crippen LogP contribution in [0.3, 0.4) is 0 Å². The average Bonchev–Trinajstić information content (AvgIpc) is 2.63. The second-order valence-electron chi connectivity index (χ2n) is 4.13. The van der Waals surface area contributed by atoms with Crippen molar-refractivity contribution >= 4 is 40.5 Å². The number of halogens is 2. The molecule has 132 valence electrons. The monoisotopic (exact) mass is 369 g/mol. The number of methoxy groups -OCH3 is 1. The van der Waals surface area contributed by atoms with Gasteiger partial charge < -0.3 is 10.1 Å². The van der Waals surface area contributed by atoms with E-state index in [0.29, 0.717) is 15.7 Å². The predicted octanol–water partition coefficient (Wildman–Crippen LogP) is 6.50. The SMILES string of the molecule is CC.CC.COC(=O)Cc1ccccc1Nc1c(Cl)cccc1Cl. The molecular formula is C19H25Cl2NO2. The minimum Gasteiger partial charge on any atom is -0.469 e. The van der Waals surface area contributed by atoms with Gasteiger partial charge in [-0.15, -0.1) is 0 Å². The van der Waals surface area contributed by atoms with Gasteiger partial charge in [-0.2, -0.15) is 0 Å². The fourth-order valence-corrected chi connectivity index (χ4v) is 2.27. The summed E-state index contributed by atoms with van der Waals surface area (Å²) in [6.07, 6.45) is 0.182. The van der Waals surface area contributed by atoms with E-state index in [4.69, 9.17) is 23.2 Å². The smallest absolute Gasteiger partial charge is 0.310 e. The Labute approximate surface area is 154 Å². The van der Waals surface area contributed by atoms with Crippen molar-refractivity contribution in [3.8, 4) is 0 Å². The van der Waals surface area contributed by atoms with E-state index in [-0.39, 0.29) is 12.4 Å². The first-order valence-electron chi connectivity index (χ1n) is 7.97. The lowest BCUT2D eigenvalue weighted by Crippen LogP contribution is -2.06. The van der Waals surface area contributed by atoms with Crippen molar-refractivity contribution in [3.05, 3.63) is 58.1 Å². The highest BCUT2D eigenvalue weighted by Crippen LogP contribution is 2.33. The van der Waals surface area contributed by atoms with Gasteiger partial charge in [0.05, 0.1) is 29.3 Å². The van der Waals surface area contributed by atoms with Gasteiger partial charge in [0.1, 0.15) is 0 Å². The van der Waals surface area contributed by atoms with Crippen molar-refractivity contribution in [2.24, 2.45) is 0 Å². The minimum absolute atomic E-state index is 0.182. The molecule has 1 N–H and O–H groups in total. The number of hydrogen-bond donors (Lipinski definition) is 1. The van der Waals surface area contributed by atoms with E-state index in [1.807, 2.05) is 52.0 Å². The van der Waals surface area contributed by atoms with E-state index in [1.54, 1.807) is 18.2 Å². The van der Waals surface area contributed by atoms with Crippen LogP contribution in [0.25, 0.3) is 0 Å². The Balaban J connectivity index is 0.00000123. The molecule has 0 aliphatic heterocycles. The lowest BCUT2D eigenvalue weighted by Gasteiger charge is -2.13. The normalized spacial score (nSPS) is 8.96. The summed E-state index contributed by atoms with van der Waals surface area (Å²) in [6.45, 7) is 8.00. The van der Waals surface area contributed by atoms with Crippen LogP contribution in [0.4, 0.5) is 11.4 Å². The number of esters is 1. The molecular weight excluding hydrogens is 345 g/mol. The first-order valence-corrected chi connectivity index (χ1v) is 8.73. The van der Waals surface area contributed by atoms with Crippen LogP contribution in [0.5, 0.6) is 0 Å². The number of carbonyl (C=O) groups is 1. The van der Waals surface area contributed by atoms with Crippen molar-refractivity contribution < 1.29 is 9.53 Å². The van der Waals surface area contributed by atoms with E-state index in [0.717, 1.165) is 11.3 Å². The fraction of sp³-hybridized carbons (Fsp3) is 0.316. The largest absolute Gasteiger partial charge is 0.469 e. The zero-order chi connectivity index (χ0) is 18.5. The molecule has 24 heavy (non-hydrogen) atoms. The maximum atomic E-state index is 11.4. The highest BCUT2D eigenvalue weighted by molar-refractivity contribution is 6.39. The number of nitrogens with one attached hydrogen (secondary N) is 1. The predicted molar refractivity (Wildman–Crippen MR) is 105 cm³/mol. The molecule has 0 unspecified atom stereocenters. The van der Waals surface area contributed by atoms with Crippen molar-refractivity contribution in [2.45, 2.75) is 34.1 Å². The van der Waals surface area contributed by atoms with Crippen LogP contribution in [0.15, 0.2) is 42.5 Å². The van der Waals surface area contributed by atoms with Gasteiger partial charge >= 0.3 is 5.97 Å². The van der Waals surface area contributed by atoms with Crippen molar-refractivity contribution in [1.82, 2.24) is 0 Å². The quantitative estimate of drug-likeness (QED) is 0.624. The number of hydrogen-bond acceptors (Lipinski definition) is 3. The molecule has 0 radical (unpaired) electrons. The number of benzene rings is 2. The summed E-state index contributed by atoms with van der Waals surface area (Å²) >= 11 is 12.3. The Hall–Kier alpha value is -1.71. The average molecular weight is 370 g/mol. The third kappa shape index (κ3) is 6.81. The van der Waals surface area contributed by atoms with Crippen LogP contribution < -0.4 is 5.32 Å². The van der Waals surface area contributed by atoms with Crippen LogP contribution in [0.1, 0.15) is 33.3 Å². The maximum Gasteiger partial charge on any atom is 0.310 e. The highest BCUT2D eigenvalue weighted by atomic mass is 35.5. The summed E-state index contributed by atoms with van der Waals surface area (Å²) < 4.78 is 4.69. The molecule has 2 aromatic rings. The maximum absolute atomic E-state index is 11.4. The van der Waals surface area contributed by atoms with Crippen LogP contribution in [-0.2, 0) is 16.0 Å². The van der Waals surface area contributed by atoms with Crippen molar-refractivity contribution in [3.63, 3.8) is 0 Å². The topological polar surface area (TPSA) is 38.3 Å². The van der Waals surface area contributed by atoms with E-state index >= 15 is 0 Å². The van der Waals surface area contributed by atoms with E-state index in [1.165, 1.54) is 7.11 Å². The van der Waals surface area contributed by atoms with E-state index in [2.05, 4.69) is 10.1 Å². The van der Waals surface area contributed by atoms with Crippen LogP contribution in [0, 0.1) is 0 Å². The zero-order valence-corrected chi connectivity index (χ0v) is 16.3. The molecule has 0 atom stereocenters. The number of rotatable bonds is 4. The Morgan fingerprint density at radius 1 is 0.958 bits per heavy atom. The number of anilines is 2. The third-order valence-electron chi connectivity index (χ3n) is 2.80. The van der Waals surface area contributed by atoms with Gasteiger partial charge in [-0.05, 0) is 23.8 Å². The summed E-state index contributed by atoms with van der Waals surface area (Å²) in [6, 6.07) is 12.7. The van der Waals surface area contributed by atoms with Gasteiger partial charge in [0, 0.05) is 5.69 Å². The second kappa shape index (κ2) is 12.7. The molecule has 2 rings (SSSR count). The standard InChI is InChI=1S/C15H13Cl2NO2.2C2H6/c1-20-14(19)9-10-5-2-3-8-13(10)18-15-11(16)6-4-7-12(15)17;2*1-2/h2-8,18H,9H2,1H3;2*1-2H3. The zero-order valence-electron chi connectivity index (χ0n) is 14.8. The molecule has 0 spiro atoms. The van der Waals surface area contributed by atoms with E-state index in [9.17, 15) is 4.79 Å². The first-order chi connectivity index (χ1) is 11.6. The summed E-state index contributed by atoms with van der Waals surface area (Å²) in [5.41, 5.74) is 2.20. The van der Waals surface area contributed by atoms with Gasteiger partial charge in [0.15, 0.2) is 0 Å². The first kappa shape index (κ1) is 22.3. The summed E-state index contributed by atoms with van der Waals surface area (Å²) in [4.78, 5) is 11.4. The van der Waals surface area contributed by atoms with E-state index < -0.39 is 0 Å². The Morgan fingerprint density at radius 2 is 1.50 bits per heavy atom. The molecule has 0 aliphatic rings. The molecule has 0 saturated carbocycles. The molecule has 5 heteroatoms. The molecule has 3 nitrogen and oxygen atoms in total. The van der Waals surface area contributed by atoms with Crippen LogP contribution >= 0.6 is 23.2 Å². The molecule has 0 amide bonds. The summed E-state index contributed by atoms with van der Waals surface area (Å²) in [5, 5.41) is 4.20. The van der Waals surface area contributed by atoms with Crippen molar-refractivity contribution in [2.75, 3.05) is 12.4 Å². The summed E-state index contributed by atoms with van der Waals surface area (Å²) in [7, 11) is 1.36. The second-order valence-corrected chi connectivity index (χ2v) is 4.95. The number of ether oxygens (including phenoxy) is 1. The number of para-hydroxylation sites is 2. The Kier molecular flexibility index (Phi) is 11.8. The Morgan fingerprint density at radius 3 is 2.04 bits per heavy atom. The fourth-order valence-electron chi connectivity index (χ4n) is 1.78. The van der Waals surface area contributed by atoms with Crippen LogP contribution in [0.2, 0.25) is 10.0 Å².